The van der Waals surface area contributed by atoms with E-state index in [1.165, 1.54) is 10.6 Å². The molecule has 2 aromatic heterocycles. The highest BCUT2D eigenvalue weighted by Gasteiger charge is 2.32. The van der Waals surface area contributed by atoms with Gasteiger partial charge in [0.05, 0.1) is 11.5 Å². The molecule has 0 atom stereocenters. The molecule has 4 rings (SSSR count). The van der Waals surface area contributed by atoms with Crippen LogP contribution in [-0.4, -0.2) is 30.5 Å². The molecule has 0 saturated heterocycles. The van der Waals surface area contributed by atoms with Crippen molar-refractivity contribution in [2.45, 2.75) is 25.4 Å². The second-order valence-corrected chi connectivity index (χ2v) is 6.08. The van der Waals surface area contributed by atoms with Gasteiger partial charge in [-0.3, -0.25) is 10.1 Å². The fraction of sp³-hybridized carbons (Fsp3) is 0.250. The van der Waals surface area contributed by atoms with E-state index in [9.17, 15) is 20.2 Å². The van der Waals surface area contributed by atoms with Crippen LogP contribution in [-0.2, 0) is 6.54 Å². The molecule has 1 fully saturated rings. The molecule has 10 nitrogen and oxygen atoms in total. The second-order valence-electron chi connectivity index (χ2n) is 6.08. The lowest BCUT2D eigenvalue weighted by atomic mass is 10.1. The quantitative estimate of drug-likeness (QED) is 0.493. The van der Waals surface area contributed by atoms with Crippen molar-refractivity contribution in [2.75, 3.05) is 4.90 Å². The van der Waals surface area contributed by atoms with Crippen LogP contribution >= 0.6 is 0 Å². The molecule has 2 heterocycles. The van der Waals surface area contributed by atoms with E-state index < -0.39 is 9.85 Å². The highest BCUT2D eigenvalue weighted by Crippen LogP contribution is 2.34. The minimum atomic E-state index is -0.541. The molecule has 0 amide bonds. The van der Waals surface area contributed by atoms with E-state index in [0.717, 1.165) is 19.0 Å². The molecule has 0 spiro atoms. The molecule has 1 aromatic carbocycles. The van der Waals surface area contributed by atoms with E-state index in [4.69, 9.17) is 0 Å². The molecular weight excluding hydrogens is 340 g/mol. The smallest absolute Gasteiger partial charge is 0.358 e. The largest absolute Gasteiger partial charge is 0.368 e. The van der Waals surface area contributed by atoms with Crippen molar-refractivity contribution in [2.24, 2.45) is 0 Å². The maximum absolute atomic E-state index is 11.3. The van der Waals surface area contributed by atoms with Crippen molar-refractivity contribution in [3.63, 3.8) is 0 Å². The Balaban J connectivity index is 1.74. The highest BCUT2D eigenvalue weighted by molar-refractivity contribution is 5.52. The molecule has 0 aliphatic heterocycles. The summed E-state index contributed by atoms with van der Waals surface area (Å²) in [6, 6.07) is 10.2. The monoisotopic (exact) mass is 354 g/mol. The minimum Gasteiger partial charge on any atom is -0.358 e. The summed E-state index contributed by atoms with van der Waals surface area (Å²) < 4.78 is 1.18. The van der Waals surface area contributed by atoms with Gasteiger partial charge in [0.15, 0.2) is 5.82 Å². The molecule has 1 aliphatic carbocycles. The van der Waals surface area contributed by atoms with Gasteiger partial charge in [0.25, 0.3) is 5.69 Å². The van der Waals surface area contributed by atoms with Crippen LogP contribution in [0.25, 0.3) is 5.65 Å². The van der Waals surface area contributed by atoms with Gasteiger partial charge in [0.1, 0.15) is 6.20 Å². The fourth-order valence-electron chi connectivity index (χ4n) is 2.92. The van der Waals surface area contributed by atoms with Gasteiger partial charge >= 0.3 is 5.82 Å². The Morgan fingerprint density at radius 3 is 2.58 bits per heavy atom. The van der Waals surface area contributed by atoms with Gasteiger partial charge < -0.3 is 15.0 Å². The Kier molecular flexibility index (Phi) is 3.72. The number of nitro benzene ring substituents is 1. The topological polar surface area (TPSA) is 120 Å². The van der Waals surface area contributed by atoms with Crippen molar-refractivity contribution in [1.82, 2.24) is 14.6 Å². The zero-order valence-electron chi connectivity index (χ0n) is 13.6. The van der Waals surface area contributed by atoms with Gasteiger partial charge in [-0.1, -0.05) is 27.8 Å². The zero-order valence-corrected chi connectivity index (χ0v) is 13.6. The maximum atomic E-state index is 11.3. The number of nitrogens with zero attached hydrogens (tertiary/aromatic N) is 6. The maximum Gasteiger partial charge on any atom is 0.368 e. The number of benzene rings is 1. The average molecular weight is 354 g/mol. The standard InChI is InChI=1S/C16H14N6O4/c23-21(24)13-4-2-1-3-11(13)10-19(12-5-6-12)15-8-7-14-17-9-16(22(25)26)20(14)18-15/h1-4,7-9,12H,5-6,10H2. The summed E-state index contributed by atoms with van der Waals surface area (Å²) in [5, 5.41) is 26.8. The van der Waals surface area contributed by atoms with Gasteiger partial charge in [-0.25, -0.2) is 4.98 Å². The molecular formula is C16H14N6O4. The van der Waals surface area contributed by atoms with Crippen LogP contribution in [0.4, 0.5) is 17.3 Å². The van der Waals surface area contributed by atoms with Gasteiger partial charge in [-0.05, 0) is 23.8 Å². The Morgan fingerprint density at radius 2 is 1.88 bits per heavy atom. The molecule has 132 valence electrons. The number of hydrogen-bond acceptors (Lipinski definition) is 7. The summed E-state index contributed by atoms with van der Waals surface area (Å²) in [5.41, 5.74) is 1.00. The van der Waals surface area contributed by atoms with Crippen LogP contribution in [0.15, 0.2) is 42.6 Å². The van der Waals surface area contributed by atoms with Gasteiger partial charge in [-0.2, -0.15) is 0 Å². The number of aromatic nitrogens is 3. The molecule has 0 bridgehead atoms. The summed E-state index contributed by atoms with van der Waals surface area (Å²) >= 11 is 0. The predicted octanol–water partition coefficient (Wildman–Crippen LogP) is 2.71. The Bertz CT molecular complexity index is 1010. The second kappa shape index (κ2) is 6.06. The number of fused-ring (bicyclic) bond motifs is 1. The van der Waals surface area contributed by atoms with E-state index in [1.807, 2.05) is 4.90 Å². The van der Waals surface area contributed by atoms with Gasteiger partial charge in [0.2, 0.25) is 5.65 Å². The lowest BCUT2D eigenvalue weighted by Crippen LogP contribution is -2.27. The van der Waals surface area contributed by atoms with Crippen molar-refractivity contribution in [3.8, 4) is 0 Å². The van der Waals surface area contributed by atoms with Crippen LogP contribution in [0.1, 0.15) is 18.4 Å². The molecule has 3 aromatic rings. The molecule has 0 unspecified atom stereocenters. The molecule has 0 radical (unpaired) electrons. The van der Waals surface area contributed by atoms with Crippen LogP contribution in [0.3, 0.4) is 0 Å². The van der Waals surface area contributed by atoms with E-state index in [-0.39, 0.29) is 17.5 Å². The third kappa shape index (κ3) is 2.81. The van der Waals surface area contributed by atoms with Crippen LogP contribution < -0.4 is 4.90 Å². The first-order chi connectivity index (χ1) is 12.5. The molecule has 1 aliphatic rings. The first-order valence-corrected chi connectivity index (χ1v) is 8.02. The number of hydrogen-bond donors (Lipinski definition) is 0. The lowest BCUT2D eigenvalue weighted by Gasteiger charge is -2.22. The molecule has 10 heteroatoms. The normalized spacial score (nSPS) is 13.7. The zero-order chi connectivity index (χ0) is 18.3. The van der Waals surface area contributed by atoms with E-state index >= 15 is 0 Å². The molecule has 0 N–H and O–H groups in total. The van der Waals surface area contributed by atoms with Gasteiger partial charge in [0, 0.05) is 23.7 Å². The summed E-state index contributed by atoms with van der Waals surface area (Å²) in [7, 11) is 0. The number of para-hydroxylation sites is 1. The first-order valence-electron chi connectivity index (χ1n) is 8.02. The lowest BCUT2D eigenvalue weighted by molar-refractivity contribution is -0.391. The van der Waals surface area contributed by atoms with E-state index in [2.05, 4.69) is 10.1 Å². The number of imidazole rings is 1. The fourth-order valence-corrected chi connectivity index (χ4v) is 2.92. The van der Waals surface area contributed by atoms with Crippen LogP contribution in [0.2, 0.25) is 0 Å². The predicted molar refractivity (Wildman–Crippen MR) is 91.9 cm³/mol. The van der Waals surface area contributed by atoms with E-state index in [0.29, 0.717) is 23.6 Å². The first kappa shape index (κ1) is 15.9. The third-order valence-electron chi connectivity index (χ3n) is 4.33. The Labute approximate surface area is 147 Å². The van der Waals surface area contributed by atoms with E-state index in [1.54, 1.807) is 30.3 Å². The van der Waals surface area contributed by atoms with Crippen molar-refractivity contribution in [3.05, 3.63) is 68.4 Å². The summed E-state index contributed by atoms with van der Waals surface area (Å²) in [6.45, 7) is 0.308. The summed E-state index contributed by atoms with van der Waals surface area (Å²) in [4.78, 5) is 27.4. The number of anilines is 1. The Hall–Kier alpha value is -3.56. The molecule has 26 heavy (non-hydrogen) atoms. The summed E-state index contributed by atoms with van der Waals surface area (Å²) in [6.07, 6.45) is 3.06. The highest BCUT2D eigenvalue weighted by atomic mass is 16.6. The summed E-state index contributed by atoms with van der Waals surface area (Å²) in [5.74, 6) is 0.308. The van der Waals surface area contributed by atoms with Crippen molar-refractivity contribution < 1.29 is 9.85 Å². The van der Waals surface area contributed by atoms with Crippen molar-refractivity contribution >= 4 is 23.0 Å². The van der Waals surface area contributed by atoms with Crippen molar-refractivity contribution in [1.29, 1.82) is 0 Å². The number of nitro groups is 2. The van der Waals surface area contributed by atoms with Gasteiger partial charge in [-0.15, -0.1) is 0 Å². The van der Waals surface area contributed by atoms with Crippen LogP contribution in [0, 0.1) is 20.2 Å². The number of rotatable bonds is 6. The minimum absolute atomic E-state index is 0.0489. The molecule has 1 saturated carbocycles. The van der Waals surface area contributed by atoms with Crippen LogP contribution in [0.5, 0.6) is 0 Å². The third-order valence-corrected chi connectivity index (χ3v) is 4.33. The SMILES string of the molecule is O=[N+]([O-])c1ccccc1CN(c1ccc2ncc([N+](=O)[O-])n2n1)C1CC1. The Morgan fingerprint density at radius 1 is 1.12 bits per heavy atom. The average Bonchev–Trinajstić information content (AvgIpc) is 3.37.